The Balaban J connectivity index is 1.12. The van der Waals surface area contributed by atoms with Crippen LogP contribution in [0.2, 0.25) is 0 Å². The van der Waals surface area contributed by atoms with Gasteiger partial charge in [0.15, 0.2) is 0 Å². The summed E-state index contributed by atoms with van der Waals surface area (Å²) in [6, 6.07) is 9.20. The van der Waals surface area contributed by atoms with Gasteiger partial charge in [-0.25, -0.2) is 4.79 Å². The minimum Gasteiger partial charge on any atom is -0.342 e. The molecule has 0 spiro atoms. The fourth-order valence-corrected chi connectivity index (χ4v) is 7.69. The maximum absolute atomic E-state index is 13.1. The van der Waals surface area contributed by atoms with Gasteiger partial charge in [-0.2, -0.15) is 0 Å². The molecule has 7 rings (SSSR count). The molecule has 2 atom stereocenters. The van der Waals surface area contributed by atoms with E-state index in [0.29, 0.717) is 29.1 Å². The third-order valence-electron chi connectivity index (χ3n) is 8.84. The Kier molecular flexibility index (Phi) is 4.42. The SMILES string of the molecule is CC12CC3CC(NC(=O)NC4CCN(C(=O)C5CC5)CC4)(CC(C1)c1ccccc13)C2. The summed E-state index contributed by atoms with van der Waals surface area (Å²) in [6.45, 7) is 4.00. The highest BCUT2D eigenvalue weighted by atomic mass is 16.2. The molecule has 1 saturated heterocycles. The van der Waals surface area contributed by atoms with Gasteiger partial charge in [0.2, 0.25) is 5.91 Å². The van der Waals surface area contributed by atoms with Crippen LogP contribution in [0.5, 0.6) is 0 Å². The molecule has 4 fully saturated rings. The summed E-state index contributed by atoms with van der Waals surface area (Å²) in [5.41, 5.74) is 3.29. The van der Waals surface area contributed by atoms with Gasteiger partial charge in [-0.05, 0) is 86.2 Å². The van der Waals surface area contributed by atoms with Gasteiger partial charge in [0.25, 0.3) is 0 Å². The maximum Gasteiger partial charge on any atom is 0.315 e. The monoisotopic (exact) mass is 421 g/mol. The molecule has 31 heavy (non-hydrogen) atoms. The van der Waals surface area contributed by atoms with E-state index >= 15 is 0 Å². The van der Waals surface area contributed by atoms with Gasteiger partial charge in [0, 0.05) is 30.6 Å². The Hall–Kier alpha value is -2.04. The summed E-state index contributed by atoms with van der Waals surface area (Å²) >= 11 is 0. The van der Waals surface area contributed by atoms with Gasteiger partial charge in [-0.15, -0.1) is 0 Å². The first kappa shape index (κ1) is 19.6. The summed E-state index contributed by atoms with van der Waals surface area (Å²) < 4.78 is 0. The fourth-order valence-electron chi connectivity index (χ4n) is 7.69. The number of amides is 3. The lowest BCUT2D eigenvalue weighted by Gasteiger charge is -2.54. The number of hydrogen-bond donors (Lipinski definition) is 2. The van der Waals surface area contributed by atoms with Crippen molar-refractivity contribution in [1.29, 1.82) is 0 Å². The highest BCUT2D eigenvalue weighted by Crippen LogP contribution is 2.62. The molecule has 5 aliphatic carbocycles. The van der Waals surface area contributed by atoms with Crippen molar-refractivity contribution < 1.29 is 9.59 Å². The number of benzene rings is 1. The van der Waals surface area contributed by atoms with Crippen LogP contribution in [0.15, 0.2) is 24.3 Å². The molecule has 1 aromatic rings. The zero-order valence-corrected chi connectivity index (χ0v) is 18.7. The van der Waals surface area contributed by atoms with E-state index in [9.17, 15) is 9.59 Å². The first-order valence-electron chi connectivity index (χ1n) is 12.4. The van der Waals surface area contributed by atoms with E-state index in [1.165, 1.54) is 24.0 Å². The largest absolute Gasteiger partial charge is 0.342 e. The number of likely N-dealkylation sites (tertiary alicyclic amines) is 1. The molecule has 2 N–H and O–H groups in total. The highest BCUT2D eigenvalue weighted by molar-refractivity contribution is 5.81. The average Bonchev–Trinajstić information content (AvgIpc) is 3.58. The number of piperidine rings is 1. The van der Waals surface area contributed by atoms with Gasteiger partial charge in [0.1, 0.15) is 0 Å². The van der Waals surface area contributed by atoms with Gasteiger partial charge in [-0.3, -0.25) is 4.79 Å². The lowest BCUT2D eigenvalue weighted by atomic mass is 9.55. The predicted octanol–water partition coefficient (Wildman–Crippen LogP) is 4.29. The predicted molar refractivity (Wildman–Crippen MR) is 120 cm³/mol. The molecule has 3 amide bonds. The molecule has 166 valence electrons. The second kappa shape index (κ2) is 6.98. The number of rotatable bonds is 3. The molecule has 3 saturated carbocycles. The molecule has 0 radical (unpaired) electrons. The van der Waals surface area contributed by atoms with E-state index in [4.69, 9.17) is 0 Å². The summed E-state index contributed by atoms with van der Waals surface area (Å²) in [7, 11) is 0. The maximum atomic E-state index is 13.1. The van der Waals surface area contributed by atoms with Crippen LogP contribution in [-0.2, 0) is 4.79 Å². The Labute approximate surface area is 185 Å². The van der Waals surface area contributed by atoms with Crippen molar-refractivity contribution in [1.82, 2.24) is 15.5 Å². The molecule has 5 nitrogen and oxygen atoms in total. The lowest BCUT2D eigenvalue weighted by Crippen LogP contribution is -2.60. The molecule has 2 unspecified atom stereocenters. The van der Waals surface area contributed by atoms with Crippen molar-refractivity contribution in [3.63, 3.8) is 0 Å². The number of carbonyl (C=O) groups is 2. The van der Waals surface area contributed by atoms with Crippen LogP contribution < -0.4 is 10.6 Å². The molecule has 6 aliphatic rings. The minimum absolute atomic E-state index is 0.00146. The Morgan fingerprint density at radius 1 is 0.935 bits per heavy atom. The van der Waals surface area contributed by atoms with E-state index < -0.39 is 0 Å². The number of urea groups is 1. The number of carbonyl (C=O) groups excluding carboxylic acids is 2. The standard InChI is InChI=1S/C26H35N3O2/c1-25-12-18-14-26(16-25,15-19(13-25)22-5-3-2-4-21(18)22)28-24(31)27-20-8-10-29(11-9-20)23(30)17-6-7-17/h2-5,17-20H,6-16H2,1H3,(H2,27,28,31). The molecular formula is C26H35N3O2. The lowest BCUT2D eigenvalue weighted by molar-refractivity contribution is -0.133. The Bertz CT molecular complexity index is 865. The van der Waals surface area contributed by atoms with E-state index in [1.54, 1.807) is 0 Å². The van der Waals surface area contributed by atoms with Crippen molar-refractivity contribution in [3.05, 3.63) is 35.4 Å². The summed E-state index contributed by atoms with van der Waals surface area (Å²) in [4.78, 5) is 27.4. The molecule has 1 heterocycles. The van der Waals surface area contributed by atoms with Gasteiger partial charge >= 0.3 is 6.03 Å². The molecular weight excluding hydrogens is 386 g/mol. The topological polar surface area (TPSA) is 61.4 Å². The Morgan fingerprint density at radius 2 is 1.55 bits per heavy atom. The van der Waals surface area contributed by atoms with E-state index in [2.05, 4.69) is 41.8 Å². The molecule has 0 aromatic heterocycles. The molecule has 1 aliphatic heterocycles. The van der Waals surface area contributed by atoms with Crippen molar-refractivity contribution in [2.45, 2.75) is 88.1 Å². The van der Waals surface area contributed by atoms with Gasteiger partial charge < -0.3 is 15.5 Å². The molecule has 4 bridgehead atoms. The zero-order valence-electron chi connectivity index (χ0n) is 18.7. The number of hydrogen-bond acceptors (Lipinski definition) is 2. The smallest absolute Gasteiger partial charge is 0.315 e. The zero-order chi connectivity index (χ0) is 21.2. The van der Waals surface area contributed by atoms with Crippen LogP contribution in [0.3, 0.4) is 0 Å². The quantitative estimate of drug-likeness (QED) is 0.765. The summed E-state index contributed by atoms with van der Waals surface area (Å²) in [6.07, 6.45) is 9.59. The van der Waals surface area contributed by atoms with Crippen LogP contribution in [0.1, 0.15) is 87.7 Å². The first-order valence-corrected chi connectivity index (χ1v) is 12.4. The van der Waals surface area contributed by atoms with Crippen LogP contribution >= 0.6 is 0 Å². The van der Waals surface area contributed by atoms with E-state index in [-0.39, 0.29) is 17.6 Å². The Morgan fingerprint density at radius 3 is 2.13 bits per heavy atom. The molecule has 5 heteroatoms. The normalized spacial score (nSPS) is 36.6. The van der Waals surface area contributed by atoms with Crippen molar-refractivity contribution >= 4 is 11.9 Å². The molecule has 1 aromatic carbocycles. The second-order valence-electron chi connectivity index (χ2n) is 11.6. The van der Waals surface area contributed by atoms with Gasteiger partial charge in [0.05, 0.1) is 0 Å². The highest BCUT2D eigenvalue weighted by Gasteiger charge is 2.55. The minimum atomic E-state index is -0.0909. The van der Waals surface area contributed by atoms with Crippen LogP contribution in [0.25, 0.3) is 0 Å². The first-order chi connectivity index (χ1) is 14.9. The van der Waals surface area contributed by atoms with E-state index in [0.717, 1.165) is 58.0 Å². The van der Waals surface area contributed by atoms with Crippen molar-refractivity contribution in [2.24, 2.45) is 11.3 Å². The van der Waals surface area contributed by atoms with Crippen molar-refractivity contribution in [2.75, 3.05) is 13.1 Å². The average molecular weight is 422 g/mol. The van der Waals surface area contributed by atoms with Gasteiger partial charge in [-0.1, -0.05) is 31.2 Å². The fraction of sp³-hybridized carbons (Fsp3) is 0.692. The summed E-state index contributed by atoms with van der Waals surface area (Å²) in [5, 5.41) is 6.77. The van der Waals surface area contributed by atoms with E-state index in [1.807, 2.05) is 4.90 Å². The second-order valence-corrected chi connectivity index (χ2v) is 11.6. The third kappa shape index (κ3) is 3.54. The van der Waals surface area contributed by atoms with Crippen LogP contribution in [0, 0.1) is 11.3 Å². The third-order valence-corrected chi connectivity index (χ3v) is 8.84. The number of nitrogens with one attached hydrogen (secondary N) is 2. The number of nitrogens with zero attached hydrogens (tertiary/aromatic N) is 1. The van der Waals surface area contributed by atoms with Crippen LogP contribution in [-0.4, -0.2) is 41.5 Å². The summed E-state index contributed by atoms with van der Waals surface area (Å²) in [5.74, 6) is 1.73. The van der Waals surface area contributed by atoms with Crippen LogP contribution in [0.4, 0.5) is 4.79 Å². The van der Waals surface area contributed by atoms with Crippen molar-refractivity contribution in [3.8, 4) is 0 Å².